The molecule has 1 heterocycles. The largest absolute Gasteiger partial charge is 0.493 e. The summed E-state index contributed by atoms with van der Waals surface area (Å²) >= 11 is 1.26. The molecular weight excluding hydrogens is 413 g/mol. The predicted molar refractivity (Wildman–Crippen MR) is 110 cm³/mol. The van der Waals surface area contributed by atoms with Crippen molar-refractivity contribution in [2.45, 2.75) is 36.9 Å². The van der Waals surface area contributed by atoms with E-state index >= 15 is 0 Å². The number of hydrogen-bond donors (Lipinski definition) is 0. The van der Waals surface area contributed by atoms with Crippen LogP contribution in [0.5, 0.6) is 17.4 Å². The number of hydrogen-bond acceptors (Lipinski definition) is 5. The molecule has 0 bridgehead atoms. The van der Waals surface area contributed by atoms with Crippen LogP contribution in [0.1, 0.15) is 36.6 Å². The second-order valence-corrected chi connectivity index (χ2v) is 7.75. The van der Waals surface area contributed by atoms with Crippen LogP contribution in [0.4, 0.5) is 13.2 Å². The van der Waals surface area contributed by atoms with Gasteiger partial charge in [-0.15, -0.1) is 0 Å². The highest BCUT2D eigenvalue weighted by molar-refractivity contribution is 7.98. The van der Waals surface area contributed by atoms with Crippen molar-refractivity contribution in [3.8, 4) is 17.4 Å². The van der Waals surface area contributed by atoms with Gasteiger partial charge in [0.25, 0.3) is 0 Å². The maximum atomic E-state index is 12.9. The fourth-order valence-electron chi connectivity index (χ4n) is 2.63. The van der Waals surface area contributed by atoms with Gasteiger partial charge >= 0.3 is 6.18 Å². The fraction of sp³-hybridized carbons (Fsp3) is 0.273. The average Bonchev–Trinajstić information content (AvgIpc) is 2.72. The Morgan fingerprint density at radius 3 is 2.37 bits per heavy atom. The number of alkyl halides is 3. The van der Waals surface area contributed by atoms with Gasteiger partial charge in [0.1, 0.15) is 0 Å². The van der Waals surface area contributed by atoms with Crippen molar-refractivity contribution in [2.75, 3.05) is 7.11 Å². The van der Waals surface area contributed by atoms with Crippen LogP contribution in [0.3, 0.4) is 0 Å². The minimum Gasteiger partial charge on any atom is -0.493 e. The van der Waals surface area contributed by atoms with E-state index in [4.69, 9.17) is 9.47 Å². The number of benzene rings is 2. The Bertz CT molecular complexity index is 1010. The smallest absolute Gasteiger partial charge is 0.416 e. The second-order valence-electron chi connectivity index (χ2n) is 6.81. The molecule has 3 rings (SSSR count). The number of para-hydroxylation sites is 2. The fourth-order valence-corrected chi connectivity index (χ4v) is 3.43. The van der Waals surface area contributed by atoms with Crippen LogP contribution in [-0.4, -0.2) is 17.1 Å². The molecular formula is C22H21F3N2O2S. The summed E-state index contributed by atoms with van der Waals surface area (Å²) in [6.07, 6.45) is -4.37. The minimum atomic E-state index is -4.37. The molecule has 0 aliphatic rings. The molecule has 3 aromatic rings. The van der Waals surface area contributed by atoms with E-state index < -0.39 is 11.7 Å². The zero-order valence-corrected chi connectivity index (χ0v) is 17.6. The molecule has 0 amide bonds. The minimum absolute atomic E-state index is 0.126. The Hall–Kier alpha value is -2.74. The van der Waals surface area contributed by atoms with Gasteiger partial charge in [0.05, 0.1) is 18.4 Å². The van der Waals surface area contributed by atoms with Crippen LogP contribution in [0.2, 0.25) is 0 Å². The lowest BCUT2D eigenvalue weighted by Gasteiger charge is -2.13. The van der Waals surface area contributed by atoms with Crippen molar-refractivity contribution >= 4 is 11.8 Å². The molecule has 0 saturated carbocycles. The highest BCUT2D eigenvalue weighted by Gasteiger charge is 2.30. The van der Waals surface area contributed by atoms with Gasteiger partial charge in [0, 0.05) is 11.8 Å². The van der Waals surface area contributed by atoms with Crippen molar-refractivity contribution in [2.24, 2.45) is 0 Å². The zero-order chi connectivity index (χ0) is 21.7. The maximum absolute atomic E-state index is 12.9. The predicted octanol–water partition coefficient (Wildman–Crippen LogP) is 6.71. The Kier molecular flexibility index (Phi) is 6.87. The molecule has 2 aromatic carbocycles. The van der Waals surface area contributed by atoms with E-state index in [0.717, 1.165) is 17.8 Å². The van der Waals surface area contributed by atoms with E-state index in [1.165, 1.54) is 17.8 Å². The molecule has 8 heteroatoms. The van der Waals surface area contributed by atoms with Gasteiger partial charge in [-0.25, -0.2) is 4.98 Å². The quantitative estimate of drug-likeness (QED) is 0.305. The zero-order valence-electron chi connectivity index (χ0n) is 16.7. The summed E-state index contributed by atoms with van der Waals surface area (Å²) in [5.41, 5.74) is 0.652. The highest BCUT2D eigenvalue weighted by atomic mass is 32.2. The number of thioether (sulfide) groups is 1. The normalized spacial score (nSPS) is 11.6. The van der Waals surface area contributed by atoms with Gasteiger partial charge in [0.15, 0.2) is 16.7 Å². The number of methoxy groups -OCH3 is 1. The van der Waals surface area contributed by atoms with Crippen molar-refractivity contribution in [3.05, 3.63) is 71.4 Å². The summed E-state index contributed by atoms with van der Waals surface area (Å²) in [4.78, 5) is 8.95. The summed E-state index contributed by atoms with van der Waals surface area (Å²) < 4.78 is 50.0. The van der Waals surface area contributed by atoms with Gasteiger partial charge in [-0.3, -0.25) is 0 Å². The molecule has 0 atom stereocenters. The van der Waals surface area contributed by atoms with E-state index in [1.807, 2.05) is 26.0 Å². The molecule has 0 unspecified atom stereocenters. The molecule has 0 aliphatic carbocycles. The first-order valence-corrected chi connectivity index (χ1v) is 10.2. The van der Waals surface area contributed by atoms with Crippen molar-refractivity contribution in [3.63, 3.8) is 0 Å². The lowest BCUT2D eigenvalue weighted by atomic mass is 10.1. The molecule has 0 radical (unpaired) electrons. The van der Waals surface area contributed by atoms with Gasteiger partial charge in [0.2, 0.25) is 5.88 Å². The third-order valence-corrected chi connectivity index (χ3v) is 5.12. The Balaban J connectivity index is 1.83. The SMILES string of the molecule is COc1ccccc1Oc1cc(C(C)C)nc(SCc2cccc(C(F)(F)F)c2)n1. The van der Waals surface area contributed by atoms with Crippen molar-refractivity contribution in [1.29, 1.82) is 0 Å². The summed E-state index contributed by atoms with van der Waals surface area (Å²) in [5, 5.41) is 0.434. The van der Waals surface area contributed by atoms with Crippen LogP contribution >= 0.6 is 11.8 Å². The summed E-state index contributed by atoms with van der Waals surface area (Å²) in [6.45, 7) is 3.99. The monoisotopic (exact) mass is 434 g/mol. The lowest BCUT2D eigenvalue weighted by Crippen LogP contribution is -2.05. The number of ether oxygens (including phenoxy) is 2. The van der Waals surface area contributed by atoms with E-state index in [1.54, 1.807) is 31.4 Å². The molecule has 30 heavy (non-hydrogen) atoms. The van der Waals surface area contributed by atoms with E-state index in [2.05, 4.69) is 9.97 Å². The van der Waals surface area contributed by atoms with Gasteiger partial charge in [-0.2, -0.15) is 18.2 Å². The van der Waals surface area contributed by atoms with Gasteiger partial charge < -0.3 is 9.47 Å². The average molecular weight is 434 g/mol. The summed E-state index contributed by atoms with van der Waals surface area (Å²) in [7, 11) is 1.55. The van der Waals surface area contributed by atoms with Crippen LogP contribution in [0.25, 0.3) is 0 Å². The number of aromatic nitrogens is 2. The Morgan fingerprint density at radius 2 is 1.70 bits per heavy atom. The van der Waals surface area contributed by atoms with E-state index in [0.29, 0.717) is 33.9 Å². The Morgan fingerprint density at radius 1 is 0.967 bits per heavy atom. The van der Waals surface area contributed by atoms with Crippen LogP contribution in [0.15, 0.2) is 59.8 Å². The van der Waals surface area contributed by atoms with Crippen LogP contribution < -0.4 is 9.47 Å². The molecule has 158 valence electrons. The second kappa shape index (κ2) is 9.38. The van der Waals surface area contributed by atoms with E-state index in [9.17, 15) is 13.2 Å². The molecule has 0 fully saturated rings. The standard InChI is InChI=1S/C22H21F3N2O2S/c1-14(2)17-12-20(29-19-10-5-4-9-18(19)28-3)27-21(26-17)30-13-15-7-6-8-16(11-15)22(23,24)25/h4-12,14H,13H2,1-3H3. The molecule has 0 spiro atoms. The third-order valence-electron chi connectivity index (χ3n) is 4.20. The first kappa shape index (κ1) is 22.0. The lowest BCUT2D eigenvalue weighted by molar-refractivity contribution is -0.137. The van der Waals surface area contributed by atoms with E-state index in [-0.39, 0.29) is 5.92 Å². The topological polar surface area (TPSA) is 44.2 Å². The van der Waals surface area contributed by atoms with Crippen LogP contribution in [-0.2, 0) is 11.9 Å². The first-order chi connectivity index (χ1) is 14.3. The van der Waals surface area contributed by atoms with Gasteiger partial charge in [-0.1, -0.05) is 55.9 Å². The number of rotatable bonds is 7. The van der Waals surface area contributed by atoms with Crippen LogP contribution in [0, 0.1) is 0 Å². The highest BCUT2D eigenvalue weighted by Crippen LogP contribution is 2.33. The molecule has 1 aromatic heterocycles. The van der Waals surface area contributed by atoms with Crippen molar-refractivity contribution < 1.29 is 22.6 Å². The maximum Gasteiger partial charge on any atom is 0.416 e. The van der Waals surface area contributed by atoms with Gasteiger partial charge in [-0.05, 0) is 29.7 Å². The summed E-state index contributed by atoms with van der Waals surface area (Å²) in [5.74, 6) is 1.87. The third kappa shape index (κ3) is 5.66. The molecule has 0 aliphatic heterocycles. The molecule has 0 saturated heterocycles. The summed E-state index contributed by atoms with van der Waals surface area (Å²) in [6, 6.07) is 14.2. The number of halogens is 3. The molecule has 0 N–H and O–H groups in total. The Labute approximate surface area is 177 Å². The van der Waals surface area contributed by atoms with Crippen molar-refractivity contribution in [1.82, 2.24) is 9.97 Å². The number of nitrogens with zero attached hydrogens (tertiary/aromatic N) is 2. The molecule has 4 nitrogen and oxygen atoms in total. The first-order valence-electron chi connectivity index (χ1n) is 9.25.